The van der Waals surface area contributed by atoms with E-state index < -0.39 is 5.97 Å². The van der Waals surface area contributed by atoms with Crippen LogP contribution in [0.5, 0.6) is 5.75 Å². The summed E-state index contributed by atoms with van der Waals surface area (Å²) in [5.74, 6) is -0.423. The molecule has 0 aliphatic carbocycles. The molecule has 1 aromatic heterocycles. The molecule has 0 amide bonds. The molecule has 5 heteroatoms. The number of aliphatic carboxylic acids is 1. The molecule has 1 aromatic carbocycles. The van der Waals surface area contributed by atoms with Crippen molar-refractivity contribution >= 4 is 5.97 Å². The van der Waals surface area contributed by atoms with Crippen LogP contribution in [-0.2, 0) is 17.9 Å². The molecule has 0 spiro atoms. The van der Waals surface area contributed by atoms with E-state index in [9.17, 15) is 4.79 Å². The van der Waals surface area contributed by atoms with Crippen molar-refractivity contribution in [3.05, 3.63) is 59.9 Å². The monoisotopic (exact) mass is 272 g/mol. The number of ether oxygens (including phenoxy) is 1. The molecule has 0 aliphatic heterocycles. The molecular formula is C15H16N2O3. The van der Waals surface area contributed by atoms with Gasteiger partial charge in [0.05, 0.1) is 5.69 Å². The van der Waals surface area contributed by atoms with E-state index in [-0.39, 0.29) is 6.61 Å². The molecule has 0 saturated heterocycles. The largest absolute Gasteiger partial charge is 0.482 e. The quantitative estimate of drug-likeness (QED) is 0.804. The lowest BCUT2D eigenvalue weighted by Gasteiger charge is -2.07. The van der Waals surface area contributed by atoms with E-state index >= 15 is 0 Å². The number of hydrogen-bond donors (Lipinski definition) is 2. The molecule has 0 bridgehead atoms. The highest BCUT2D eigenvalue weighted by molar-refractivity contribution is 5.68. The standard InChI is InChI=1S/C15H16N2O3/c18-15(19)11-20-14-6-3-4-12(8-14)9-16-10-13-5-1-2-7-17-13/h1-8,16H,9-11H2,(H,18,19). The molecule has 1 heterocycles. The Bertz CT molecular complexity index is 558. The van der Waals surface area contributed by atoms with Crippen LogP contribution >= 0.6 is 0 Å². The first-order valence-electron chi connectivity index (χ1n) is 6.28. The third-order valence-electron chi connectivity index (χ3n) is 2.62. The summed E-state index contributed by atoms with van der Waals surface area (Å²) in [6.07, 6.45) is 1.76. The SMILES string of the molecule is O=C(O)COc1cccc(CNCc2ccccn2)c1. The number of aromatic nitrogens is 1. The second-order valence-corrected chi connectivity index (χ2v) is 4.25. The van der Waals surface area contributed by atoms with Gasteiger partial charge < -0.3 is 15.2 Å². The molecule has 0 aliphatic rings. The molecule has 20 heavy (non-hydrogen) atoms. The van der Waals surface area contributed by atoms with Gasteiger partial charge in [-0.15, -0.1) is 0 Å². The van der Waals surface area contributed by atoms with E-state index in [4.69, 9.17) is 9.84 Å². The Morgan fingerprint density at radius 1 is 1.20 bits per heavy atom. The summed E-state index contributed by atoms with van der Waals surface area (Å²) in [5, 5.41) is 11.8. The molecule has 5 nitrogen and oxygen atoms in total. The van der Waals surface area contributed by atoms with Crippen molar-refractivity contribution in [2.75, 3.05) is 6.61 Å². The minimum atomic E-state index is -0.983. The van der Waals surface area contributed by atoms with Gasteiger partial charge in [0, 0.05) is 19.3 Å². The van der Waals surface area contributed by atoms with Crippen molar-refractivity contribution < 1.29 is 14.6 Å². The van der Waals surface area contributed by atoms with Gasteiger partial charge in [0.2, 0.25) is 0 Å². The van der Waals surface area contributed by atoms with Crippen molar-refractivity contribution in [2.24, 2.45) is 0 Å². The first kappa shape index (κ1) is 14.0. The minimum Gasteiger partial charge on any atom is -0.482 e. The molecule has 2 N–H and O–H groups in total. The van der Waals surface area contributed by atoms with Gasteiger partial charge in [0.1, 0.15) is 5.75 Å². The van der Waals surface area contributed by atoms with Gasteiger partial charge in [-0.2, -0.15) is 0 Å². The van der Waals surface area contributed by atoms with Crippen LogP contribution in [0.1, 0.15) is 11.3 Å². The van der Waals surface area contributed by atoms with E-state index in [0.717, 1.165) is 11.3 Å². The number of carboxylic acids is 1. The van der Waals surface area contributed by atoms with Gasteiger partial charge in [-0.3, -0.25) is 4.98 Å². The highest BCUT2D eigenvalue weighted by atomic mass is 16.5. The summed E-state index contributed by atoms with van der Waals surface area (Å²) < 4.78 is 5.13. The lowest BCUT2D eigenvalue weighted by molar-refractivity contribution is -0.139. The smallest absolute Gasteiger partial charge is 0.341 e. The van der Waals surface area contributed by atoms with Gasteiger partial charge in [0.25, 0.3) is 0 Å². The Hall–Kier alpha value is -2.40. The van der Waals surface area contributed by atoms with Gasteiger partial charge in [-0.05, 0) is 29.8 Å². The van der Waals surface area contributed by atoms with Crippen molar-refractivity contribution in [1.82, 2.24) is 10.3 Å². The van der Waals surface area contributed by atoms with Crippen LogP contribution in [0.3, 0.4) is 0 Å². The number of pyridine rings is 1. The topological polar surface area (TPSA) is 71.5 Å². The summed E-state index contributed by atoms with van der Waals surface area (Å²) in [4.78, 5) is 14.7. The molecule has 0 saturated carbocycles. The number of nitrogens with one attached hydrogen (secondary N) is 1. The van der Waals surface area contributed by atoms with Crippen LogP contribution in [0.15, 0.2) is 48.7 Å². The maximum Gasteiger partial charge on any atom is 0.341 e. The van der Waals surface area contributed by atoms with Crippen LogP contribution in [-0.4, -0.2) is 22.7 Å². The third-order valence-corrected chi connectivity index (χ3v) is 2.62. The fourth-order valence-electron chi connectivity index (χ4n) is 1.73. The fraction of sp³-hybridized carbons (Fsp3) is 0.200. The molecule has 2 rings (SSSR count). The molecular weight excluding hydrogens is 256 g/mol. The van der Waals surface area contributed by atoms with Gasteiger partial charge >= 0.3 is 5.97 Å². The van der Waals surface area contributed by atoms with E-state index in [1.807, 2.05) is 36.4 Å². The van der Waals surface area contributed by atoms with E-state index in [0.29, 0.717) is 18.8 Å². The summed E-state index contributed by atoms with van der Waals surface area (Å²) in [6.45, 7) is 1.02. The lowest BCUT2D eigenvalue weighted by Crippen LogP contribution is -2.14. The molecule has 0 radical (unpaired) electrons. The first-order valence-corrected chi connectivity index (χ1v) is 6.28. The molecule has 0 fully saturated rings. The van der Waals surface area contributed by atoms with Crippen LogP contribution in [0.25, 0.3) is 0 Å². The van der Waals surface area contributed by atoms with Crippen LogP contribution in [0, 0.1) is 0 Å². The summed E-state index contributed by atoms with van der Waals surface area (Å²) >= 11 is 0. The fourth-order valence-corrected chi connectivity index (χ4v) is 1.73. The van der Waals surface area contributed by atoms with Gasteiger partial charge in [0.15, 0.2) is 6.61 Å². The Morgan fingerprint density at radius 2 is 2.10 bits per heavy atom. The number of carboxylic acid groups (broad SMARTS) is 1. The second-order valence-electron chi connectivity index (χ2n) is 4.25. The summed E-state index contributed by atoms with van der Waals surface area (Å²) in [7, 11) is 0. The molecule has 2 aromatic rings. The Kier molecular flexibility index (Phi) is 5.08. The van der Waals surface area contributed by atoms with Gasteiger partial charge in [-0.1, -0.05) is 18.2 Å². The average Bonchev–Trinajstić information content (AvgIpc) is 2.47. The van der Waals surface area contributed by atoms with E-state index in [1.54, 1.807) is 12.3 Å². The number of hydrogen-bond acceptors (Lipinski definition) is 4. The second kappa shape index (κ2) is 7.25. The zero-order valence-corrected chi connectivity index (χ0v) is 11.0. The number of benzene rings is 1. The normalized spacial score (nSPS) is 10.2. The third kappa shape index (κ3) is 4.70. The highest BCUT2D eigenvalue weighted by Gasteiger charge is 2.01. The van der Waals surface area contributed by atoms with Crippen LogP contribution in [0.2, 0.25) is 0 Å². The number of rotatable bonds is 7. The van der Waals surface area contributed by atoms with E-state index in [1.165, 1.54) is 0 Å². The number of carbonyl (C=O) groups is 1. The van der Waals surface area contributed by atoms with Crippen molar-refractivity contribution in [3.63, 3.8) is 0 Å². The Balaban J connectivity index is 1.83. The predicted octanol–water partition coefficient (Wildman–Crippen LogP) is 1.83. The first-order chi connectivity index (χ1) is 9.74. The van der Waals surface area contributed by atoms with Crippen LogP contribution in [0.4, 0.5) is 0 Å². The zero-order chi connectivity index (χ0) is 14.2. The molecule has 0 atom stereocenters. The van der Waals surface area contributed by atoms with Gasteiger partial charge in [-0.25, -0.2) is 4.79 Å². The average molecular weight is 272 g/mol. The zero-order valence-electron chi connectivity index (χ0n) is 11.0. The highest BCUT2D eigenvalue weighted by Crippen LogP contribution is 2.13. The van der Waals surface area contributed by atoms with Crippen molar-refractivity contribution in [2.45, 2.75) is 13.1 Å². The molecule has 104 valence electrons. The van der Waals surface area contributed by atoms with Crippen molar-refractivity contribution in [1.29, 1.82) is 0 Å². The van der Waals surface area contributed by atoms with Crippen molar-refractivity contribution in [3.8, 4) is 5.75 Å². The lowest BCUT2D eigenvalue weighted by atomic mass is 10.2. The number of nitrogens with zero attached hydrogens (tertiary/aromatic N) is 1. The van der Waals surface area contributed by atoms with Crippen LogP contribution < -0.4 is 10.1 Å². The minimum absolute atomic E-state index is 0.329. The summed E-state index contributed by atoms with van der Waals surface area (Å²) in [6, 6.07) is 13.2. The summed E-state index contributed by atoms with van der Waals surface area (Å²) in [5.41, 5.74) is 2.01. The van der Waals surface area contributed by atoms with E-state index in [2.05, 4.69) is 10.3 Å². The maximum atomic E-state index is 10.4. The molecule has 0 unspecified atom stereocenters. The predicted molar refractivity (Wildman–Crippen MR) is 74.4 cm³/mol. The Labute approximate surface area is 117 Å². The maximum absolute atomic E-state index is 10.4. The Morgan fingerprint density at radius 3 is 2.85 bits per heavy atom.